The molecule has 1 aromatic heterocycles. The molecule has 30 heavy (non-hydrogen) atoms. The maximum absolute atomic E-state index is 13.5. The van der Waals surface area contributed by atoms with Gasteiger partial charge in [0.05, 0.1) is 6.04 Å². The summed E-state index contributed by atoms with van der Waals surface area (Å²) < 4.78 is 0. The van der Waals surface area contributed by atoms with E-state index in [2.05, 4.69) is 35.8 Å². The molecule has 6 heteroatoms. The smallest absolute Gasteiger partial charge is 0.318 e. The second-order valence-corrected chi connectivity index (χ2v) is 8.92. The first-order valence-corrected chi connectivity index (χ1v) is 11.9. The summed E-state index contributed by atoms with van der Waals surface area (Å²) in [5, 5.41) is 5.09. The highest BCUT2D eigenvalue weighted by Gasteiger charge is 2.34. The van der Waals surface area contributed by atoms with Crippen LogP contribution >= 0.6 is 11.3 Å². The lowest BCUT2D eigenvalue weighted by Gasteiger charge is -2.38. The van der Waals surface area contributed by atoms with Crippen LogP contribution in [0.1, 0.15) is 62.1 Å². The van der Waals surface area contributed by atoms with Crippen molar-refractivity contribution >= 4 is 23.3 Å². The first-order valence-electron chi connectivity index (χ1n) is 11.0. The third-order valence-electron chi connectivity index (χ3n) is 5.90. The molecule has 5 nitrogen and oxygen atoms in total. The lowest BCUT2D eigenvalue weighted by molar-refractivity contribution is -0.134. The van der Waals surface area contributed by atoms with Crippen LogP contribution in [0.15, 0.2) is 41.8 Å². The minimum absolute atomic E-state index is 0.00615. The van der Waals surface area contributed by atoms with Crippen molar-refractivity contribution in [1.29, 1.82) is 0 Å². The fraction of sp³-hybridized carbons (Fsp3) is 0.500. The van der Waals surface area contributed by atoms with Crippen LogP contribution in [0.4, 0.5) is 4.79 Å². The zero-order chi connectivity index (χ0) is 21.5. The summed E-state index contributed by atoms with van der Waals surface area (Å²) >= 11 is 1.76. The Morgan fingerprint density at radius 3 is 2.70 bits per heavy atom. The van der Waals surface area contributed by atoms with Crippen LogP contribution in [0, 0.1) is 0 Å². The van der Waals surface area contributed by atoms with Crippen LogP contribution in [-0.4, -0.2) is 47.4 Å². The summed E-state index contributed by atoms with van der Waals surface area (Å²) in [6.45, 7) is 7.58. The lowest BCUT2D eigenvalue weighted by atomic mass is 9.93. The maximum atomic E-state index is 13.5. The van der Waals surface area contributed by atoms with Crippen LogP contribution in [0.5, 0.6) is 0 Å². The van der Waals surface area contributed by atoms with Gasteiger partial charge in [-0.3, -0.25) is 4.79 Å². The third kappa shape index (κ3) is 5.04. The van der Waals surface area contributed by atoms with Gasteiger partial charge in [0, 0.05) is 24.0 Å². The van der Waals surface area contributed by atoms with E-state index in [0.717, 1.165) is 31.2 Å². The van der Waals surface area contributed by atoms with Gasteiger partial charge >= 0.3 is 6.03 Å². The Morgan fingerprint density at radius 2 is 2.00 bits per heavy atom. The summed E-state index contributed by atoms with van der Waals surface area (Å²) in [6.07, 6.45) is 3.65. The summed E-state index contributed by atoms with van der Waals surface area (Å²) in [5.74, 6) is 0.00615. The molecule has 1 aliphatic heterocycles. The van der Waals surface area contributed by atoms with E-state index in [1.165, 1.54) is 10.4 Å². The molecule has 0 spiro atoms. The van der Waals surface area contributed by atoms with Gasteiger partial charge in [-0.05, 0) is 48.8 Å². The number of unbranched alkanes of at least 4 members (excludes halogenated alkanes) is 1. The number of amides is 3. The molecular formula is C24H33N3O2S. The third-order valence-corrected chi connectivity index (χ3v) is 6.89. The normalized spacial score (nSPS) is 16.6. The van der Waals surface area contributed by atoms with Crippen molar-refractivity contribution in [3.05, 3.63) is 57.8 Å². The predicted octanol–water partition coefficient (Wildman–Crippen LogP) is 4.83. The molecule has 0 fully saturated rings. The summed E-state index contributed by atoms with van der Waals surface area (Å²) in [7, 11) is 0. The topological polar surface area (TPSA) is 52.7 Å². The van der Waals surface area contributed by atoms with E-state index in [1.54, 1.807) is 16.2 Å². The van der Waals surface area contributed by atoms with Crippen LogP contribution in [-0.2, 0) is 11.2 Å². The number of benzene rings is 1. The SMILES string of the molecule is CCCCNC(=O)N(CC(=O)N1CCc2sccc2[C@@H]1c1ccccc1)[C@@H](C)CC. The number of nitrogens with zero attached hydrogens (tertiary/aromatic N) is 2. The molecule has 2 aromatic rings. The molecule has 0 unspecified atom stereocenters. The first-order chi connectivity index (χ1) is 14.6. The second kappa shape index (κ2) is 10.6. The summed E-state index contributed by atoms with van der Waals surface area (Å²) in [6, 6.07) is 12.1. The number of hydrogen-bond acceptors (Lipinski definition) is 3. The molecule has 1 N–H and O–H groups in total. The fourth-order valence-corrected chi connectivity index (χ4v) is 4.84. The van der Waals surface area contributed by atoms with Gasteiger partial charge in [-0.2, -0.15) is 0 Å². The predicted molar refractivity (Wildman–Crippen MR) is 123 cm³/mol. The molecule has 2 heterocycles. The largest absolute Gasteiger partial charge is 0.338 e. The van der Waals surface area contributed by atoms with Gasteiger partial charge in [0.25, 0.3) is 0 Å². The highest BCUT2D eigenvalue weighted by molar-refractivity contribution is 7.10. The zero-order valence-corrected chi connectivity index (χ0v) is 19.1. The van der Waals surface area contributed by atoms with Gasteiger partial charge in [0.2, 0.25) is 5.91 Å². The van der Waals surface area contributed by atoms with Gasteiger partial charge in [-0.15, -0.1) is 11.3 Å². The zero-order valence-electron chi connectivity index (χ0n) is 18.3. The molecule has 0 bridgehead atoms. The number of hydrogen-bond donors (Lipinski definition) is 1. The van der Waals surface area contributed by atoms with Crippen molar-refractivity contribution in [2.75, 3.05) is 19.6 Å². The van der Waals surface area contributed by atoms with E-state index >= 15 is 0 Å². The molecule has 3 rings (SSSR count). The van der Waals surface area contributed by atoms with E-state index in [-0.39, 0.29) is 30.6 Å². The highest BCUT2D eigenvalue weighted by Crippen LogP contribution is 2.37. The molecule has 0 aliphatic carbocycles. The van der Waals surface area contributed by atoms with Gasteiger partial charge < -0.3 is 15.1 Å². The molecular weight excluding hydrogens is 394 g/mol. The minimum Gasteiger partial charge on any atom is -0.338 e. The number of carbonyl (C=O) groups excluding carboxylic acids is 2. The van der Waals surface area contributed by atoms with Crippen molar-refractivity contribution in [2.45, 2.75) is 58.5 Å². The van der Waals surface area contributed by atoms with E-state index in [0.29, 0.717) is 13.1 Å². The first kappa shape index (κ1) is 22.3. The molecule has 0 saturated carbocycles. The quantitative estimate of drug-likeness (QED) is 0.613. The molecule has 3 amide bonds. The number of rotatable bonds is 8. The van der Waals surface area contributed by atoms with Gasteiger partial charge in [0.1, 0.15) is 6.54 Å². The Hall–Kier alpha value is -2.34. The minimum atomic E-state index is -0.143. The summed E-state index contributed by atoms with van der Waals surface area (Å²) in [5.41, 5.74) is 2.33. The maximum Gasteiger partial charge on any atom is 0.318 e. The fourth-order valence-electron chi connectivity index (χ4n) is 3.94. The number of fused-ring (bicyclic) bond motifs is 1. The highest BCUT2D eigenvalue weighted by atomic mass is 32.1. The average molecular weight is 428 g/mol. The van der Waals surface area contributed by atoms with E-state index in [4.69, 9.17) is 0 Å². The van der Waals surface area contributed by atoms with Crippen molar-refractivity contribution in [1.82, 2.24) is 15.1 Å². The van der Waals surface area contributed by atoms with Crippen molar-refractivity contribution in [3.63, 3.8) is 0 Å². The number of nitrogens with one attached hydrogen (secondary N) is 1. The Morgan fingerprint density at radius 1 is 1.23 bits per heavy atom. The average Bonchev–Trinajstić information content (AvgIpc) is 3.25. The Balaban J connectivity index is 1.81. The van der Waals surface area contributed by atoms with E-state index < -0.39 is 0 Å². The molecule has 2 atom stereocenters. The van der Waals surface area contributed by atoms with Gasteiger partial charge in [-0.25, -0.2) is 4.79 Å². The van der Waals surface area contributed by atoms with Gasteiger partial charge in [-0.1, -0.05) is 50.6 Å². The van der Waals surface area contributed by atoms with Crippen LogP contribution in [0.2, 0.25) is 0 Å². The molecule has 0 radical (unpaired) electrons. The van der Waals surface area contributed by atoms with Crippen molar-refractivity contribution in [3.8, 4) is 0 Å². The molecule has 1 aliphatic rings. The molecule has 162 valence electrons. The Kier molecular flexibility index (Phi) is 7.91. The van der Waals surface area contributed by atoms with Crippen molar-refractivity contribution < 1.29 is 9.59 Å². The monoisotopic (exact) mass is 427 g/mol. The summed E-state index contributed by atoms with van der Waals surface area (Å²) in [4.78, 5) is 31.3. The van der Waals surface area contributed by atoms with Crippen molar-refractivity contribution in [2.24, 2.45) is 0 Å². The number of carbonyl (C=O) groups is 2. The van der Waals surface area contributed by atoms with E-state index in [9.17, 15) is 9.59 Å². The van der Waals surface area contributed by atoms with Gasteiger partial charge in [0.15, 0.2) is 0 Å². The standard InChI is InChI=1S/C24H33N3O2S/c1-4-6-14-25-24(29)27(18(3)5-2)17-22(28)26-15-12-21-20(13-16-30-21)23(26)19-10-8-7-9-11-19/h7-11,13,16,18,23H,4-6,12,14-15,17H2,1-3H3,(H,25,29)/t18-,23-/m0/s1. The van der Waals surface area contributed by atoms with Crippen LogP contribution in [0.25, 0.3) is 0 Å². The number of urea groups is 1. The Labute approximate surface area is 184 Å². The number of thiophene rings is 1. The molecule has 1 aromatic carbocycles. The second-order valence-electron chi connectivity index (χ2n) is 7.92. The lowest BCUT2D eigenvalue weighted by Crippen LogP contribution is -2.51. The Bertz CT molecular complexity index is 836. The molecule has 0 saturated heterocycles. The van der Waals surface area contributed by atoms with Crippen LogP contribution in [0.3, 0.4) is 0 Å². The van der Waals surface area contributed by atoms with Crippen LogP contribution < -0.4 is 5.32 Å². The van der Waals surface area contributed by atoms with E-state index in [1.807, 2.05) is 36.9 Å².